The highest BCUT2D eigenvalue weighted by molar-refractivity contribution is 6.65. The molecule has 0 aliphatic rings. The quantitative estimate of drug-likeness (QED) is 0.232. The molecule has 0 unspecified atom stereocenters. The molecule has 0 bridgehead atoms. The fourth-order valence-corrected chi connectivity index (χ4v) is 1.87. The zero-order valence-corrected chi connectivity index (χ0v) is 16.2. The van der Waals surface area contributed by atoms with Gasteiger partial charge in [0.1, 0.15) is 5.17 Å². The van der Waals surface area contributed by atoms with Crippen molar-refractivity contribution >= 4 is 51.7 Å². The molecule has 2 N–H and O–H groups in total. The van der Waals surface area contributed by atoms with Crippen molar-refractivity contribution in [1.82, 2.24) is 5.32 Å². The third-order valence-electron chi connectivity index (χ3n) is 3.01. The van der Waals surface area contributed by atoms with Crippen LogP contribution in [0, 0.1) is 5.92 Å². The summed E-state index contributed by atoms with van der Waals surface area (Å²) in [6.07, 6.45) is -12.3. The fourth-order valence-electron chi connectivity index (χ4n) is 1.54. The summed E-state index contributed by atoms with van der Waals surface area (Å²) in [5, 5.41) is 4.44. The zero-order valence-electron chi connectivity index (χ0n) is 14.0. The van der Waals surface area contributed by atoms with Crippen LogP contribution in [0.4, 0.5) is 36.8 Å². The molecule has 0 radical (unpaired) electrons. The van der Waals surface area contributed by atoms with Crippen molar-refractivity contribution in [2.75, 3.05) is 5.32 Å². The summed E-state index contributed by atoms with van der Waals surface area (Å²) in [7, 11) is 0. The van der Waals surface area contributed by atoms with E-state index < -0.39 is 35.2 Å². The van der Waals surface area contributed by atoms with Gasteiger partial charge in [-0.25, -0.2) is 4.79 Å². The maximum absolute atomic E-state index is 13.3. The second-order valence-electron chi connectivity index (χ2n) is 5.54. The maximum Gasteiger partial charge on any atom is 0.461 e. The van der Waals surface area contributed by atoms with Gasteiger partial charge in [0.2, 0.25) is 0 Å². The van der Waals surface area contributed by atoms with Crippen LogP contribution in [0.1, 0.15) is 13.8 Å². The number of nitrogens with one attached hydrogen (secondary N) is 2. The van der Waals surface area contributed by atoms with Crippen molar-refractivity contribution in [3.63, 3.8) is 0 Å². The second-order valence-corrected chi connectivity index (χ2v) is 6.75. The van der Waals surface area contributed by atoms with Crippen LogP contribution in [0.5, 0.6) is 0 Å². The van der Waals surface area contributed by atoms with Gasteiger partial charge >= 0.3 is 24.1 Å². The topological polar surface area (TPSA) is 62.7 Å². The van der Waals surface area contributed by atoms with Gasteiger partial charge in [0.25, 0.3) is 0 Å². The average molecular weight is 475 g/mol. The summed E-state index contributed by atoms with van der Waals surface area (Å²) in [5.74, 6) is -0.731. The first-order chi connectivity index (χ1) is 12.6. The molecular weight excluding hydrogens is 463 g/mol. The molecule has 0 aliphatic heterocycles. The molecule has 0 atom stereocenters. The number of rotatable bonds is 5. The van der Waals surface area contributed by atoms with Crippen LogP contribution in [0.2, 0.25) is 10.0 Å². The Labute approximate surface area is 169 Å². The monoisotopic (exact) mass is 473 g/mol. The SMILES string of the molecule is CC(C)/C(Cl)=N/OC(NC(=O)Nc1ccc(Cl)c(Cl)c1)(C(F)(F)F)C(F)(F)F. The van der Waals surface area contributed by atoms with Gasteiger partial charge in [0, 0.05) is 11.6 Å². The molecular formula is C14H12Cl3F6N3O2. The van der Waals surface area contributed by atoms with Crippen LogP contribution >= 0.6 is 34.8 Å². The smallest absolute Gasteiger partial charge is 0.346 e. The van der Waals surface area contributed by atoms with Gasteiger partial charge in [-0.3, -0.25) is 5.32 Å². The lowest BCUT2D eigenvalue weighted by Crippen LogP contribution is -2.69. The molecule has 28 heavy (non-hydrogen) atoms. The van der Waals surface area contributed by atoms with Crippen LogP contribution < -0.4 is 10.6 Å². The highest BCUT2D eigenvalue weighted by Crippen LogP contribution is 2.44. The van der Waals surface area contributed by atoms with Gasteiger partial charge in [-0.15, -0.1) is 0 Å². The third-order valence-corrected chi connectivity index (χ3v) is 4.26. The summed E-state index contributed by atoms with van der Waals surface area (Å²) in [6, 6.07) is 1.39. The minimum Gasteiger partial charge on any atom is -0.346 e. The molecule has 2 amide bonds. The van der Waals surface area contributed by atoms with Gasteiger partial charge < -0.3 is 10.2 Å². The standard InChI is InChI=1S/C14H12Cl3F6N3O2/c1-6(2)10(17)26-28-12(13(18,19)20,14(21,22)23)25-11(27)24-7-3-4-8(15)9(16)5-7/h3-6H,1-2H3,(H2,24,25,27)/b26-10-. The number of nitrogens with zero attached hydrogens (tertiary/aromatic N) is 1. The van der Waals surface area contributed by atoms with Gasteiger partial charge in [0.15, 0.2) is 0 Å². The Kier molecular flexibility index (Phi) is 7.71. The van der Waals surface area contributed by atoms with Gasteiger partial charge in [0.05, 0.1) is 10.0 Å². The number of alkyl halides is 6. The number of urea groups is 1. The molecule has 5 nitrogen and oxygen atoms in total. The van der Waals surface area contributed by atoms with E-state index in [1.54, 1.807) is 5.32 Å². The van der Waals surface area contributed by atoms with Crippen LogP contribution in [0.25, 0.3) is 0 Å². The van der Waals surface area contributed by atoms with Gasteiger partial charge in [-0.1, -0.05) is 53.8 Å². The molecule has 0 spiro atoms. The normalized spacial score (nSPS) is 13.5. The van der Waals surface area contributed by atoms with Crippen molar-refractivity contribution in [3.8, 4) is 0 Å². The van der Waals surface area contributed by atoms with E-state index in [4.69, 9.17) is 34.8 Å². The van der Waals surface area contributed by atoms with E-state index in [-0.39, 0.29) is 15.7 Å². The Morgan fingerprint density at radius 3 is 2.04 bits per heavy atom. The van der Waals surface area contributed by atoms with E-state index in [1.165, 1.54) is 19.9 Å². The molecule has 1 aromatic rings. The van der Waals surface area contributed by atoms with E-state index in [1.807, 2.05) is 0 Å². The Morgan fingerprint density at radius 2 is 1.61 bits per heavy atom. The number of benzene rings is 1. The number of anilines is 1. The summed E-state index contributed by atoms with van der Waals surface area (Å²) < 4.78 is 79.8. The number of hydrogen-bond acceptors (Lipinski definition) is 3. The number of carbonyl (C=O) groups excluding carboxylic acids is 1. The summed E-state index contributed by atoms with van der Waals surface area (Å²) >= 11 is 16.8. The minimum absolute atomic E-state index is 0.0496. The maximum atomic E-state index is 13.3. The Morgan fingerprint density at radius 1 is 1.07 bits per heavy atom. The average Bonchev–Trinajstić information content (AvgIpc) is 2.52. The van der Waals surface area contributed by atoms with Crippen molar-refractivity contribution in [3.05, 3.63) is 28.2 Å². The van der Waals surface area contributed by atoms with Crippen molar-refractivity contribution < 1.29 is 36.0 Å². The molecule has 0 saturated carbocycles. The largest absolute Gasteiger partial charge is 0.461 e. The molecule has 1 rings (SSSR count). The number of hydrogen-bond donors (Lipinski definition) is 2. The summed E-state index contributed by atoms with van der Waals surface area (Å²) in [5.41, 5.74) is -5.39. The summed E-state index contributed by atoms with van der Waals surface area (Å²) in [4.78, 5) is 15.6. The molecule has 0 aliphatic carbocycles. The molecule has 0 fully saturated rings. The predicted molar refractivity (Wildman–Crippen MR) is 92.7 cm³/mol. The van der Waals surface area contributed by atoms with Crippen LogP contribution in [-0.2, 0) is 4.84 Å². The molecule has 0 saturated heterocycles. The van der Waals surface area contributed by atoms with Crippen LogP contribution in [0.15, 0.2) is 23.4 Å². The lowest BCUT2D eigenvalue weighted by Gasteiger charge is -2.34. The zero-order chi connectivity index (χ0) is 21.9. The van der Waals surface area contributed by atoms with E-state index in [2.05, 4.69) is 9.99 Å². The Hall–Kier alpha value is -1.59. The Bertz CT molecular complexity index is 739. The molecule has 1 aromatic carbocycles. The van der Waals surface area contributed by atoms with Gasteiger partial charge in [-0.2, -0.15) is 26.3 Å². The first kappa shape index (κ1) is 24.4. The van der Waals surface area contributed by atoms with Gasteiger partial charge in [-0.05, 0) is 18.2 Å². The highest BCUT2D eigenvalue weighted by atomic mass is 35.5. The number of oxime groups is 1. The van der Waals surface area contributed by atoms with E-state index in [9.17, 15) is 31.1 Å². The fraction of sp³-hybridized carbons (Fsp3) is 0.429. The molecule has 0 aromatic heterocycles. The molecule has 0 heterocycles. The van der Waals surface area contributed by atoms with E-state index >= 15 is 0 Å². The first-order valence-electron chi connectivity index (χ1n) is 7.20. The van der Waals surface area contributed by atoms with E-state index in [0.717, 1.165) is 17.4 Å². The first-order valence-corrected chi connectivity index (χ1v) is 8.33. The third kappa shape index (κ3) is 5.71. The van der Waals surface area contributed by atoms with Crippen LogP contribution in [0.3, 0.4) is 0 Å². The molecule has 14 heteroatoms. The number of halogens is 9. The molecule has 158 valence electrons. The van der Waals surface area contributed by atoms with E-state index in [0.29, 0.717) is 0 Å². The van der Waals surface area contributed by atoms with Crippen molar-refractivity contribution in [2.45, 2.75) is 31.9 Å². The lowest BCUT2D eigenvalue weighted by atomic mass is 10.2. The number of carbonyl (C=O) groups is 1. The van der Waals surface area contributed by atoms with Crippen LogP contribution in [-0.4, -0.2) is 29.3 Å². The second kappa shape index (κ2) is 8.83. The summed E-state index contributed by atoms with van der Waals surface area (Å²) in [6.45, 7) is 2.70. The highest BCUT2D eigenvalue weighted by Gasteiger charge is 2.76. The van der Waals surface area contributed by atoms with Crippen molar-refractivity contribution in [2.24, 2.45) is 11.1 Å². The minimum atomic E-state index is -6.14. The van der Waals surface area contributed by atoms with Crippen molar-refractivity contribution in [1.29, 1.82) is 0 Å². The lowest BCUT2D eigenvalue weighted by molar-refractivity contribution is -0.388. The number of amides is 2. The Balaban J connectivity index is 3.25. The predicted octanol–water partition coefficient (Wildman–Crippen LogP) is 6.16.